The number of sulfonamides is 1. The summed E-state index contributed by atoms with van der Waals surface area (Å²) in [5.41, 5.74) is 0.412. The van der Waals surface area contributed by atoms with E-state index in [-0.39, 0.29) is 36.6 Å². The summed E-state index contributed by atoms with van der Waals surface area (Å²) in [7, 11) is -4.37. The number of carbonyl (C=O) groups excluding carboxylic acids is 1. The van der Waals surface area contributed by atoms with E-state index in [1.165, 1.54) is 35.6 Å². The second kappa shape index (κ2) is 13.6. The van der Waals surface area contributed by atoms with E-state index in [4.69, 9.17) is 4.74 Å². The van der Waals surface area contributed by atoms with Crippen LogP contribution in [-0.2, 0) is 32.7 Å². The van der Waals surface area contributed by atoms with Gasteiger partial charge in [-0.1, -0.05) is 49.6 Å². The summed E-state index contributed by atoms with van der Waals surface area (Å²) in [6.07, 6.45) is 9.86. The third-order valence-corrected chi connectivity index (χ3v) is 10.6. The van der Waals surface area contributed by atoms with Gasteiger partial charge in [-0.25, -0.2) is 18.2 Å². The molecule has 2 fully saturated rings. The number of carbonyl (C=O) groups is 2. The molecule has 47 heavy (non-hydrogen) atoms. The van der Waals surface area contributed by atoms with Gasteiger partial charge in [-0.15, -0.1) is 0 Å². The summed E-state index contributed by atoms with van der Waals surface area (Å²) in [5.74, 6) is -2.34. The van der Waals surface area contributed by atoms with Crippen LogP contribution in [0.3, 0.4) is 0 Å². The number of hydrogen-bond acceptors (Lipinski definition) is 8. The zero-order valence-corrected chi connectivity index (χ0v) is 26.4. The van der Waals surface area contributed by atoms with Crippen LogP contribution in [0, 0.1) is 5.95 Å². The van der Waals surface area contributed by atoms with Crippen LogP contribution in [0.2, 0.25) is 0 Å². The molecule has 0 bridgehead atoms. The topological polar surface area (TPSA) is 143 Å². The molecule has 1 aliphatic heterocycles. The highest BCUT2D eigenvalue weighted by atomic mass is 32.2. The van der Waals surface area contributed by atoms with Crippen molar-refractivity contribution in [3.05, 3.63) is 114 Å². The van der Waals surface area contributed by atoms with Crippen molar-refractivity contribution in [2.45, 2.75) is 68.2 Å². The van der Waals surface area contributed by atoms with Gasteiger partial charge in [-0.05, 0) is 54.8 Å². The number of aromatic nitrogens is 3. The molecule has 3 heterocycles. The monoisotopic (exact) mass is 659 g/mol. The van der Waals surface area contributed by atoms with E-state index in [9.17, 15) is 27.5 Å². The maximum Gasteiger partial charge on any atom is 0.335 e. The van der Waals surface area contributed by atoms with Gasteiger partial charge in [0.2, 0.25) is 21.7 Å². The average molecular weight is 660 g/mol. The molecular formula is C34H34FN5O6S. The van der Waals surface area contributed by atoms with Crippen LogP contribution < -0.4 is 4.90 Å². The lowest BCUT2D eigenvalue weighted by Crippen LogP contribution is -2.70. The molecule has 2 aromatic carbocycles. The number of rotatable bonds is 11. The van der Waals surface area contributed by atoms with Crippen molar-refractivity contribution in [1.82, 2.24) is 19.3 Å². The van der Waals surface area contributed by atoms with E-state index in [0.717, 1.165) is 54.0 Å². The number of aromatic carboxylic acids is 1. The lowest BCUT2D eigenvalue weighted by molar-refractivity contribution is -0.194. The lowest BCUT2D eigenvalue weighted by Gasteiger charge is -2.50. The number of nitrogens with zero attached hydrogens (tertiary/aromatic N) is 5. The number of hydrogen-bond donors (Lipinski definition) is 1. The molecule has 2 aromatic heterocycles. The molecule has 1 atom stereocenters. The minimum Gasteiger partial charge on any atom is -0.478 e. The minimum atomic E-state index is -4.37. The number of pyridine rings is 1. The van der Waals surface area contributed by atoms with Crippen molar-refractivity contribution < 1.29 is 32.2 Å². The first-order valence-electron chi connectivity index (χ1n) is 15.5. The fourth-order valence-electron chi connectivity index (χ4n) is 6.05. The predicted molar refractivity (Wildman–Crippen MR) is 169 cm³/mol. The highest BCUT2D eigenvalue weighted by Crippen LogP contribution is 2.41. The highest BCUT2D eigenvalue weighted by Gasteiger charge is 2.60. The molecule has 1 amide bonds. The molecule has 1 saturated heterocycles. The Labute approximate surface area is 272 Å². The Morgan fingerprint density at radius 2 is 1.68 bits per heavy atom. The molecule has 1 aliphatic carbocycles. The number of carboxylic acids is 1. The first-order valence-corrected chi connectivity index (χ1v) is 16.9. The van der Waals surface area contributed by atoms with Gasteiger partial charge in [0.05, 0.1) is 42.5 Å². The van der Waals surface area contributed by atoms with Gasteiger partial charge in [0.1, 0.15) is 4.90 Å². The number of anilines is 1. The van der Waals surface area contributed by atoms with Gasteiger partial charge >= 0.3 is 5.97 Å². The largest absolute Gasteiger partial charge is 0.478 e. The molecule has 1 saturated carbocycles. The zero-order chi connectivity index (χ0) is 33.0. The fraction of sp³-hybridized carbons (Fsp3) is 0.324. The summed E-state index contributed by atoms with van der Waals surface area (Å²) in [4.78, 5) is 40.2. The van der Waals surface area contributed by atoms with Crippen LogP contribution in [0.1, 0.15) is 71.8 Å². The fourth-order valence-corrected chi connectivity index (χ4v) is 7.67. The SMILES string of the molecule is O=C(O)c1ccc(N(Cc2cnc(C3CCCCC3)cn2)C(=O)[C@]2(OCc3ccccc3)CCN2S(=O)(=O)c2ccc(F)nc2)cc1. The summed E-state index contributed by atoms with van der Waals surface area (Å²) >= 11 is 0. The van der Waals surface area contributed by atoms with Gasteiger partial charge in [-0.2, -0.15) is 8.70 Å². The van der Waals surface area contributed by atoms with Gasteiger partial charge in [0.15, 0.2) is 0 Å². The Hall–Kier alpha value is -4.59. The smallest absolute Gasteiger partial charge is 0.335 e. The van der Waals surface area contributed by atoms with Crippen molar-refractivity contribution >= 4 is 27.6 Å². The van der Waals surface area contributed by atoms with E-state index in [0.29, 0.717) is 22.9 Å². The van der Waals surface area contributed by atoms with Gasteiger partial charge in [0, 0.05) is 30.8 Å². The van der Waals surface area contributed by atoms with Crippen LogP contribution in [-0.4, -0.2) is 56.9 Å². The van der Waals surface area contributed by atoms with E-state index >= 15 is 0 Å². The van der Waals surface area contributed by atoms with Crippen molar-refractivity contribution in [1.29, 1.82) is 0 Å². The molecular weight excluding hydrogens is 625 g/mol. The second-order valence-corrected chi connectivity index (χ2v) is 13.6. The van der Waals surface area contributed by atoms with Crippen molar-refractivity contribution in [2.24, 2.45) is 0 Å². The first kappa shape index (κ1) is 32.4. The Bertz CT molecular complexity index is 1820. The minimum absolute atomic E-state index is 0.0180. The lowest BCUT2D eigenvalue weighted by atomic mass is 9.87. The number of ether oxygens (including phenoxy) is 1. The van der Waals surface area contributed by atoms with Crippen molar-refractivity contribution in [2.75, 3.05) is 11.4 Å². The molecule has 13 heteroatoms. The molecule has 4 aromatic rings. The number of carboxylic acid groups (broad SMARTS) is 1. The Morgan fingerprint density at radius 3 is 2.28 bits per heavy atom. The molecule has 6 rings (SSSR count). The molecule has 0 radical (unpaired) electrons. The zero-order valence-electron chi connectivity index (χ0n) is 25.5. The van der Waals surface area contributed by atoms with Gasteiger partial charge in [0.25, 0.3) is 5.91 Å². The van der Waals surface area contributed by atoms with E-state index in [2.05, 4.69) is 15.0 Å². The quantitative estimate of drug-likeness (QED) is 0.212. The van der Waals surface area contributed by atoms with E-state index in [1.807, 2.05) is 6.07 Å². The third-order valence-electron chi connectivity index (χ3n) is 8.74. The molecule has 0 unspecified atom stereocenters. The summed E-state index contributed by atoms with van der Waals surface area (Å²) in [6, 6.07) is 16.8. The van der Waals surface area contributed by atoms with Crippen molar-refractivity contribution in [3.63, 3.8) is 0 Å². The Balaban J connectivity index is 1.38. The summed E-state index contributed by atoms with van der Waals surface area (Å²) in [6.45, 7) is -0.213. The van der Waals surface area contributed by atoms with Crippen molar-refractivity contribution in [3.8, 4) is 0 Å². The van der Waals surface area contributed by atoms with Crippen LogP contribution in [0.25, 0.3) is 0 Å². The van der Waals surface area contributed by atoms with Gasteiger partial charge < -0.3 is 14.7 Å². The standard InChI is InChI=1S/C34H34FN5O6S/c35-31-16-15-29(20-38-31)47(44,45)40-18-17-34(40,46-23-24-7-3-1-4-8-24)33(43)39(28-13-11-26(12-14-28)32(41)42)22-27-19-37-30(21-36-27)25-9-5-2-6-10-25/h1,3-4,7-8,11-16,19-21,25H,2,5-6,9-10,17-18,22-23H2,(H,41,42)/t34-/m1/s1. The Kier molecular flexibility index (Phi) is 9.39. The highest BCUT2D eigenvalue weighted by molar-refractivity contribution is 7.89. The molecule has 2 aliphatic rings. The first-order chi connectivity index (χ1) is 22.7. The number of halogens is 1. The molecule has 0 spiro atoms. The third kappa shape index (κ3) is 6.78. The van der Waals surface area contributed by atoms with Gasteiger partial charge in [-0.3, -0.25) is 14.8 Å². The molecule has 244 valence electrons. The average Bonchev–Trinajstić information content (AvgIpc) is 3.08. The van der Waals surface area contributed by atoms with Crippen LogP contribution in [0.5, 0.6) is 0 Å². The number of benzene rings is 2. The van der Waals surface area contributed by atoms with Crippen LogP contribution >= 0.6 is 0 Å². The maximum atomic E-state index is 14.8. The number of amides is 1. The Morgan fingerprint density at radius 1 is 0.936 bits per heavy atom. The van der Waals surface area contributed by atoms with Crippen LogP contribution in [0.15, 0.2) is 90.2 Å². The predicted octanol–water partition coefficient (Wildman–Crippen LogP) is 5.30. The van der Waals surface area contributed by atoms with E-state index < -0.39 is 33.6 Å². The molecule has 11 nitrogen and oxygen atoms in total. The second-order valence-electron chi connectivity index (χ2n) is 11.7. The summed E-state index contributed by atoms with van der Waals surface area (Å²) in [5, 5.41) is 9.48. The van der Waals surface area contributed by atoms with Crippen LogP contribution in [0.4, 0.5) is 10.1 Å². The summed E-state index contributed by atoms with van der Waals surface area (Å²) < 4.78 is 48.7. The normalized spacial score (nSPS) is 18.7. The van der Waals surface area contributed by atoms with E-state index in [1.54, 1.807) is 36.7 Å². The maximum absolute atomic E-state index is 14.8. The molecule has 1 N–H and O–H groups in total.